The Bertz CT molecular complexity index is 767. The normalized spacial score (nSPS) is 17.8. The Morgan fingerprint density at radius 2 is 2.12 bits per heavy atom. The summed E-state index contributed by atoms with van der Waals surface area (Å²) in [7, 11) is 1.88. The van der Waals surface area contributed by atoms with E-state index < -0.39 is 5.60 Å². The second-order valence-corrected chi connectivity index (χ2v) is 7.52. The molecule has 140 valence electrons. The SMILES string of the molecule is Cn1nccc1-c1ccnc(N[C@@H]2CCCN(C(=O)OC(C)(C)C)C2)n1. The van der Waals surface area contributed by atoms with Crippen molar-refractivity contribution >= 4 is 12.0 Å². The Morgan fingerprint density at radius 3 is 2.81 bits per heavy atom. The molecule has 0 radical (unpaired) electrons. The second kappa shape index (κ2) is 7.31. The van der Waals surface area contributed by atoms with E-state index in [1.807, 2.05) is 40.0 Å². The predicted octanol–water partition coefficient (Wildman–Crippen LogP) is 2.69. The second-order valence-electron chi connectivity index (χ2n) is 7.52. The van der Waals surface area contributed by atoms with Gasteiger partial charge in [-0.05, 0) is 45.7 Å². The summed E-state index contributed by atoms with van der Waals surface area (Å²) in [6, 6.07) is 3.87. The van der Waals surface area contributed by atoms with Gasteiger partial charge in [0.05, 0.1) is 11.4 Å². The van der Waals surface area contributed by atoms with Crippen LogP contribution in [0.25, 0.3) is 11.4 Å². The van der Waals surface area contributed by atoms with E-state index in [1.165, 1.54) is 0 Å². The summed E-state index contributed by atoms with van der Waals surface area (Å²) in [6.45, 7) is 6.92. The Hall–Kier alpha value is -2.64. The number of nitrogens with zero attached hydrogens (tertiary/aromatic N) is 5. The maximum absolute atomic E-state index is 12.3. The zero-order chi connectivity index (χ0) is 18.7. The molecular formula is C18H26N6O2. The van der Waals surface area contributed by atoms with Crippen molar-refractivity contribution in [3.05, 3.63) is 24.5 Å². The molecule has 0 spiro atoms. The van der Waals surface area contributed by atoms with Crippen LogP contribution in [-0.2, 0) is 11.8 Å². The van der Waals surface area contributed by atoms with Gasteiger partial charge in [-0.2, -0.15) is 5.10 Å². The molecule has 0 aliphatic carbocycles. The lowest BCUT2D eigenvalue weighted by molar-refractivity contribution is 0.0206. The molecule has 1 saturated heterocycles. The molecule has 8 nitrogen and oxygen atoms in total. The van der Waals surface area contributed by atoms with Gasteiger partial charge in [-0.3, -0.25) is 4.68 Å². The van der Waals surface area contributed by atoms with Gasteiger partial charge in [-0.15, -0.1) is 0 Å². The molecule has 1 fully saturated rings. The topological polar surface area (TPSA) is 85.2 Å². The number of amides is 1. The van der Waals surface area contributed by atoms with Crippen molar-refractivity contribution < 1.29 is 9.53 Å². The fourth-order valence-electron chi connectivity index (χ4n) is 2.97. The fraction of sp³-hybridized carbons (Fsp3) is 0.556. The van der Waals surface area contributed by atoms with Crippen LogP contribution in [0.3, 0.4) is 0 Å². The number of likely N-dealkylation sites (tertiary alicyclic amines) is 1. The lowest BCUT2D eigenvalue weighted by Gasteiger charge is -2.34. The van der Waals surface area contributed by atoms with Gasteiger partial charge in [-0.25, -0.2) is 14.8 Å². The number of carbonyl (C=O) groups is 1. The minimum Gasteiger partial charge on any atom is -0.444 e. The van der Waals surface area contributed by atoms with Crippen molar-refractivity contribution in [2.75, 3.05) is 18.4 Å². The van der Waals surface area contributed by atoms with Crippen molar-refractivity contribution in [1.29, 1.82) is 0 Å². The largest absolute Gasteiger partial charge is 0.444 e. The van der Waals surface area contributed by atoms with Gasteiger partial charge in [0.15, 0.2) is 0 Å². The van der Waals surface area contributed by atoms with Gasteiger partial charge >= 0.3 is 6.09 Å². The van der Waals surface area contributed by atoms with Gasteiger partial charge in [0.25, 0.3) is 0 Å². The van der Waals surface area contributed by atoms with E-state index in [4.69, 9.17) is 4.74 Å². The van der Waals surface area contributed by atoms with Gasteiger partial charge in [0.1, 0.15) is 5.60 Å². The first-order chi connectivity index (χ1) is 12.3. The van der Waals surface area contributed by atoms with Crippen LogP contribution in [0.4, 0.5) is 10.7 Å². The first-order valence-electron chi connectivity index (χ1n) is 8.88. The van der Waals surface area contributed by atoms with Gasteiger partial charge in [0.2, 0.25) is 5.95 Å². The number of nitrogens with one attached hydrogen (secondary N) is 1. The maximum Gasteiger partial charge on any atom is 0.410 e. The first-order valence-corrected chi connectivity index (χ1v) is 8.88. The highest BCUT2D eigenvalue weighted by molar-refractivity contribution is 5.68. The van der Waals surface area contributed by atoms with E-state index in [0.717, 1.165) is 24.2 Å². The minimum absolute atomic E-state index is 0.0954. The molecule has 1 aliphatic heterocycles. The van der Waals surface area contributed by atoms with Crippen molar-refractivity contribution in [3.8, 4) is 11.4 Å². The van der Waals surface area contributed by atoms with Crippen molar-refractivity contribution in [1.82, 2.24) is 24.6 Å². The van der Waals surface area contributed by atoms with Crippen LogP contribution < -0.4 is 5.32 Å². The summed E-state index contributed by atoms with van der Waals surface area (Å²) in [5.41, 5.74) is 1.25. The molecule has 3 rings (SSSR count). The highest BCUT2D eigenvalue weighted by Crippen LogP contribution is 2.19. The number of hydrogen-bond donors (Lipinski definition) is 1. The number of aryl methyl sites for hydroxylation is 1. The average molecular weight is 358 g/mol. The molecule has 2 aromatic rings. The number of carbonyl (C=O) groups excluding carboxylic acids is 1. The summed E-state index contributed by atoms with van der Waals surface area (Å²) in [5.74, 6) is 0.555. The average Bonchev–Trinajstić information content (AvgIpc) is 3.00. The summed E-state index contributed by atoms with van der Waals surface area (Å²) in [6.07, 6.45) is 5.07. The number of aromatic nitrogens is 4. The molecule has 8 heteroatoms. The molecular weight excluding hydrogens is 332 g/mol. The third-order valence-electron chi connectivity index (χ3n) is 4.15. The number of hydrogen-bond acceptors (Lipinski definition) is 6. The monoisotopic (exact) mass is 358 g/mol. The zero-order valence-electron chi connectivity index (χ0n) is 15.8. The number of piperidine rings is 1. The fourth-order valence-corrected chi connectivity index (χ4v) is 2.97. The molecule has 2 aromatic heterocycles. The number of ether oxygens (including phenoxy) is 1. The van der Waals surface area contributed by atoms with E-state index in [-0.39, 0.29) is 12.1 Å². The number of rotatable bonds is 3. The van der Waals surface area contributed by atoms with Crippen LogP contribution >= 0.6 is 0 Å². The van der Waals surface area contributed by atoms with Crippen LogP contribution in [0.1, 0.15) is 33.6 Å². The predicted molar refractivity (Wildman–Crippen MR) is 98.7 cm³/mol. The Kier molecular flexibility index (Phi) is 5.11. The Morgan fingerprint density at radius 1 is 1.31 bits per heavy atom. The standard InChI is InChI=1S/C18H26N6O2/c1-18(2,3)26-17(25)24-11-5-6-13(12-24)21-16-19-9-7-14(22-16)15-8-10-20-23(15)4/h7-10,13H,5-6,11-12H2,1-4H3,(H,19,21,22)/t13-/m1/s1. The lowest BCUT2D eigenvalue weighted by atomic mass is 10.1. The smallest absolute Gasteiger partial charge is 0.410 e. The molecule has 26 heavy (non-hydrogen) atoms. The molecule has 1 atom stereocenters. The van der Waals surface area contributed by atoms with Gasteiger partial charge < -0.3 is 15.0 Å². The molecule has 1 amide bonds. The van der Waals surface area contributed by atoms with E-state index in [9.17, 15) is 4.79 Å². The van der Waals surface area contributed by atoms with Crippen molar-refractivity contribution in [2.45, 2.75) is 45.3 Å². The van der Waals surface area contributed by atoms with Crippen LogP contribution in [0.2, 0.25) is 0 Å². The van der Waals surface area contributed by atoms with E-state index in [2.05, 4.69) is 20.4 Å². The highest BCUT2D eigenvalue weighted by Gasteiger charge is 2.28. The molecule has 0 saturated carbocycles. The van der Waals surface area contributed by atoms with Gasteiger partial charge in [0, 0.05) is 38.6 Å². The minimum atomic E-state index is -0.488. The zero-order valence-corrected chi connectivity index (χ0v) is 15.8. The molecule has 1 N–H and O–H groups in total. The van der Waals surface area contributed by atoms with E-state index >= 15 is 0 Å². The Balaban J connectivity index is 1.66. The quantitative estimate of drug-likeness (QED) is 0.908. The van der Waals surface area contributed by atoms with E-state index in [0.29, 0.717) is 19.0 Å². The molecule has 0 aromatic carbocycles. The van der Waals surface area contributed by atoms with Gasteiger partial charge in [-0.1, -0.05) is 0 Å². The molecule has 1 aliphatic rings. The third-order valence-corrected chi connectivity index (χ3v) is 4.15. The van der Waals surface area contributed by atoms with Crippen LogP contribution in [0.5, 0.6) is 0 Å². The van der Waals surface area contributed by atoms with Crippen molar-refractivity contribution in [3.63, 3.8) is 0 Å². The summed E-state index contributed by atoms with van der Waals surface area (Å²) < 4.78 is 7.25. The summed E-state index contributed by atoms with van der Waals surface area (Å²) in [4.78, 5) is 22.9. The molecule has 0 bridgehead atoms. The van der Waals surface area contributed by atoms with Crippen LogP contribution in [-0.4, -0.2) is 55.5 Å². The third kappa shape index (κ3) is 4.50. The van der Waals surface area contributed by atoms with E-state index in [1.54, 1.807) is 22.0 Å². The molecule has 0 unspecified atom stereocenters. The Labute approximate surface area is 153 Å². The maximum atomic E-state index is 12.3. The molecule has 3 heterocycles. The summed E-state index contributed by atoms with van der Waals surface area (Å²) in [5, 5.41) is 7.52. The van der Waals surface area contributed by atoms with Crippen LogP contribution in [0.15, 0.2) is 24.5 Å². The first kappa shape index (κ1) is 18.2. The van der Waals surface area contributed by atoms with Crippen LogP contribution in [0, 0.1) is 0 Å². The number of anilines is 1. The lowest BCUT2D eigenvalue weighted by Crippen LogP contribution is -2.47. The highest BCUT2D eigenvalue weighted by atomic mass is 16.6. The van der Waals surface area contributed by atoms with Crippen molar-refractivity contribution in [2.24, 2.45) is 7.05 Å². The summed E-state index contributed by atoms with van der Waals surface area (Å²) >= 11 is 0.